The van der Waals surface area contributed by atoms with Gasteiger partial charge in [0, 0.05) is 53.8 Å². The summed E-state index contributed by atoms with van der Waals surface area (Å²) in [4.78, 5) is 18.2. The molecule has 1 fully saturated rings. The maximum absolute atomic E-state index is 14.5. The molecule has 1 aliphatic heterocycles. The maximum atomic E-state index is 14.5. The summed E-state index contributed by atoms with van der Waals surface area (Å²) < 4.78 is 35.8. The van der Waals surface area contributed by atoms with Crippen LogP contribution in [-0.4, -0.2) is 44.4 Å². The highest BCUT2D eigenvalue weighted by Gasteiger charge is 2.28. The third-order valence-electron chi connectivity index (χ3n) is 5.72. The molecule has 10 heteroatoms. The number of hydrogen-bond acceptors (Lipinski definition) is 6. The topological polar surface area (TPSA) is 112 Å². The third kappa shape index (κ3) is 4.95. The molecule has 0 radical (unpaired) electrons. The van der Waals surface area contributed by atoms with Crippen molar-refractivity contribution in [2.75, 3.05) is 24.6 Å². The second kappa shape index (κ2) is 8.92. The average Bonchev–Trinajstić information content (AvgIpc) is 3.26. The fourth-order valence-electron chi connectivity index (χ4n) is 3.94. The van der Waals surface area contributed by atoms with Crippen LogP contribution in [0.1, 0.15) is 39.7 Å². The summed E-state index contributed by atoms with van der Waals surface area (Å²) in [5.74, 6) is -1.34. The molecule has 2 aromatic heterocycles. The Labute approximate surface area is 196 Å². The molecule has 0 spiro atoms. The van der Waals surface area contributed by atoms with Crippen molar-refractivity contribution in [3.63, 3.8) is 0 Å². The molecule has 1 amide bonds. The molecule has 8 nitrogen and oxygen atoms in total. The number of carbonyl (C=O) groups is 1. The fourth-order valence-corrected chi connectivity index (χ4v) is 3.94. The van der Waals surface area contributed by atoms with Gasteiger partial charge in [0.1, 0.15) is 23.1 Å². The summed E-state index contributed by atoms with van der Waals surface area (Å²) in [5.41, 5.74) is 12.3. The van der Waals surface area contributed by atoms with Crippen LogP contribution in [-0.2, 0) is 4.74 Å². The number of ether oxygens (including phenoxy) is 1. The summed E-state index contributed by atoms with van der Waals surface area (Å²) in [7, 11) is 0. The minimum absolute atomic E-state index is 0.0135. The smallest absolute Gasteiger partial charge is 0.410 e. The van der Waals surface area contributed by atoms with Crippen molar-refractivity contribution in [1.29, 1.82) is 0 Å². The van der Waals surface area contributed by atoms with Crippen LogP contribution in [0.15, 0.2) is 36.8 Å². The minimum atomic E-state index is -0.730. The van der Waals surface area contributed by atoms with Gasteiger partial charge in [-0.2, -0.15) is 5.10 Å². The summed E-state index contributed by atoms with van der Waals surface area (Å²) >= 11 is 0. The van der Waals surface area contributed by atoms with E-state index in [0.29, 0.717) is 18.7 Å². The first-order chi connectivity index (χ1) is 16.0. The second-order valence-electron chi connectivity index (χ2n) is 9.42. The van der Waals surface area contributed by atoms with Crippen molar-refractivity contribution in [2.24, 2.45) is 0 Å². The van der Waals surface area contributed by atoms with Gasteiger partial charge in [0.05, 0.1) is 17.9 Å². The Hall–Kier alpha value is -3.69. The number of nitrogens with two attached hydrogens (primary N) is 2. The van der Waals surface area contributed by atoms with Crippen molar-refractivity contribution in [2.45, 2.75) is 45.3 Å². The highest BCUT2D eigenvalue weighted by atomic mass is 19.1. The van der Waals surface area contributed by atoms with Crippen LogP contribution in [0.2, 0.25) is 0 Å². The zero-order valence-corrected chi connectivity index (χ0v) is 19.4. The number of benzene rings is 1. The van der Waals surface area contributed by atoms with E-state index < -0.39 is 17.2 Å². The molecule has 3 aromatic rings. The number of pyridine rings is 1. The molecule has 0 bridgehead atoms. The van der Waals surface area contributed by atoms with Crippen LogP contribution in [0.25, 0.3) is 22.3 Å². The summed E-state index contributed by atoms with van der Waals surface area (Å²) in [6, 6.07) is 3.72. The Morgan fingerprint density at radius 2 is 1.74 bits per heavy atom. The van der Waals surface area contributed by atoms with Crippen LogP contribution in [0.5, 0.6) is 0 Å². The molecule has 1 aromatic carbocycles. The van der Waals surface area contributed by atoms with Gasteiger partial charge in [-0.25, -0.2) is 18.6 Å². The lowest BCUT2D eigenvalue weighted by Gasteiger charge is -2.33. The number of nitrogen functional groups attached to an aromatic ring is 2. The first-order valence-corrected chi connectivity index (χ1v) is 11.0. The van der Waals surface area contributed by atoms with E-state index in [-0.39, 0.29) is 34.8 Å². The zero-order valence-electron chi connectivity index (χ0n) is 19.4. The molecular formula is C24H28F2N6O2. The molecule has 180 valence electrons. The molecule has 4 rings (SSSR count). The zero-order chi connectivity index (χ0) is 24.6. The van der Waals surface area contributed by atoms with Crippen molar-refractivity contribution in [3.8, 4) is 22.3 Å². The molecule has 3 heterocycles. The molecule has 1 saturated heterocycles. The molecule has 0 unspecified atom stereocenters. The number of likely N-dealkylation sites (tertiary alicyclic amines) is 1. The van der Waals surface area contributed by atoms with Gasteiger partial charge in [0.15, 0.2) is 0 Å². The Morgan fingerprint density at radius 3 is 2.41 bits per heavy atom. The van der Waals surface area contributed by atoms with Crippen LogP contribution >= 0.6 is 0 Å². The minimum Gasteiger partial charge on any atom is -0.444 e. The average molecular weight is 471 g/mol. The van der Waals surface area contributed by atoms with Crippen LogP contribution in [0.3, 0.4) is 0 Å². The number of amides is 1. The molecule has 0 aliphatic carbocycles. The second-order valence-corrected chi connectivity index (χ2v) is 9.42. The number of anilines is 2. The van der Waals surface area contributed by atoms with Crippen molar-refractivity contribution < 1.29 is 18.3 Å². The van der Waals surface area contributed by atoms with E-state index in [9.17, 15) is 13.6 Å². The van der Waals surface area contributed by atoms with E-state index in [1.807, 2.05) is 31.6 Å². The monoisotopic (exact) mass is 470 g/mol. The summed E-state index contributed by atoms with van der Waals surface area (Å²) in [5, 5.41) is 4.49. The Bertz CT molecular complexity index is 1210. The van der Waals surface area contributed by atoms with E-state index in [0.717, 1.165) is 30.5 Å². The first kappa shape index (κ1) is 23.5. The number of halogens is 2. The highest BCUT2D eigenvalue weighted by Crippen LogP contribution is 2.33. The van der Waals surface area contributed by atoms with Crippen LogP contribution in [0, 0.1) is 11.6 Å². The van der Waals surface area contributed by atoms with Crippen LogP contribution < -0.4 is 11.5 Å². The quantitative estimate of drug-likeness (QED) is 0.540. The molecule has 0 atom stereocenters. The number of nitrogens with zero attached hydrogens (tertiary/aromatic N) is 4. The summed E-state index contributed by atoms with van der Waals surface area (Å²) in [6.07, 6.45) is 6.31. The lowest BCUT2D eigenvalue weighted by Crippen LogP contribution is -2.42. The summed E-state index contributed by atoms with van der Waals surface area (Å²) in [6.45, 7) is 6.68. The lowest BCUT2D eigenvalue weighted by molar-refractivity contribution is 0.0185. The highest BCUT2D eigenvalue weighted by molar-refractivity contribution is 5.80. The number of carbonyl (C=O) groups excluding carboxylic acids is 1. The molecule has 1 aliphatic rings. The van der Waals surface area contributed by atoms with E-state index in [4.69, 9.17) is 16.2 Å². The van der Waals surface area contributed by atoms with Crippen molar-refractivity contribution >= 4 is 17.6 Å². The number of hydrogen-bond donors (Lipinski definition) is 2. The van der Waals surface area contributed by atoms with E-state index in [1.54, 1.807) is 23.4 Å². The van der Waals surface area contributed by atoms with E-state index >= 15 is 0 Å². The maximum Gasteiger partial charge on any atom is 0.410 e. The SMILES string of the molecule is CC(C)(C)OC(=O)N1CCC(n2cc(-c3cnc(N)c(-c4cc(F)c(N)cc4F)c3)cn2)CC1. The van der Waals surface area contributed by atoms with Gasteiger partial charge in [-0.15, -0.1) is 0 Å². The van der Waals surface area contributed by atoms with E-state index in [2.05, 4.69) is 10.1 Å². The largest absolute Gasteiger partial charge is 0.444 e. The number of rotatable bonds is 3. The van der Waals surface area contributed by atoms with Gasteiger partial charge in [0.25, 0.3) is 0 Å². The normalized spacial score (nSPS) is 14.9. The number of piperidine rings is 1. The van der Waals surface area contributed by atoms with Gasteiger partial charge >= 0.3 is 6.09 Å². The van der Waals surface area contributed by atoms with E-state index in [1.165, 1.54) is 0 Å². The Balaban J connectivity index is 1.51. The molecule has 34 heavy (non-hydrogen) atoms. The van der Waals surface area contributed by atoms with Gasteiger partial charge in [-0.1, -0.05) is 0 Å². The van der Waals surface area contributed by atoms with Gasteiger partial charge < -0.3 is 21.1 Å². The van der Waals surface area contributed by atoms with Crippen molar-refractivity contribution in [3.05, 3.63) is 48.4 Å². The standard InChI is InChI=1S/C24H28F2N6O2/c1-24(2,3)34-23(33)31-6-4-16(5-7-31)32-13-15(12-30-32)14-8-18(22(28)29-11-14)17-9-20(26)21(27)10-19(17)25/h8-13,16H,4-7,27H2,1-3H3,(H2,28,29). The molecule has 4 N–H and O–H groups in total. The number of aromatic nitrogens is 3. The third-order valence-corrected chi connectivity index (χ3v) is 5.72. The predicted octanol–water partition coefficient (Wildman–Crippen LogP) is 4.63. The molecular weight excluding hydrogens is 442 g/mol. The van der Waals surface area contributed by atoms with Gasteiger partial charge in [0.2, 0.25) is 0 Å². The molecule has 0 saturated carbocycles. The van der Waals surface area contributed by atoms with Crippen LogP contribution in [0.4, 0.5) is 25.1 Å². The lowest BCUT2D eigenvalue weighted by atomic mass is 10.0. The Kier molecular flexibility index (Phi) is 6.16. The van der Waals surface area contributed by atoms with Crippen molar-refractivity contribution in [1.82, 2.24) is 19.7 Å². The van der Waals surface area contributed by atoms with Gasteiger partial charge in [-0.05, 0) is 45.7 Å². The fraction of sp³-hybridized carbons (Fsp3) is 0.375. The first-order valence-electron chi connectivity index (χ1n) is 11.0. The van der Waals surface area contributed by atoms with Gasteiger partial charge in [-0.3, -0.25) is 4.68 Å². The Morgan fingerprint density at radius 1 is 1.03 bits per heavy atom. The predicted molar refractivity (Wildman–Crippen MR) is 126 cm³/mol.